The smallest absolute Gasteiger partial charge is 0.326 e. The fourth-order valence-corrected chi connectivity index (χ4v) is 1.43. The lowest BCUT2D eigenvalue weighted by molar-refractivity contribution is -0.140. The van der Waals surface area contributed by atoms with Gasteiger partial charge in [0.2, 0.25) is 11.8 Å². The van der Waals surface area contributed by atoms with Crippen molar-refractivity contribution in [3.63, 3.8) is 0 Å². The molecule has 0 rings (SSSR count). The third-order valence-corrected chi connectivity index (χ3v) is 2.42. The molecule has 4 amide bonds. The molecule has 114 valence electrons. The third-order valence-electron chi connectivity index (χ3n) is 2.42. The Balaban J connectivity index is 4.72. The molecule has 1 atom stereocenters. The van der Waals surface area contributed by atoms with Gasteiger partial charge in [0, 0.05) is 6.54 Å². The molecule has 20 heavy (non-hydrogen) atoms. The lowest BCUT2D eigenvalue weighted by atomic mass is 10.2. The third kappa shape index (κ3) is 7.19. The average Bonchev–Trinajstić information content (AvgIpc) is 2.32. The highest BCUT2D eigenvalue weighted by Crippen LogP contribution is 1.99. The normalized spacial score (nSPS) is 11.4. The van der Waals surface area contributed by atoms with E-state index in [9.17, 15) is 19.2 Å². The van der Waals surface area contributed by atoms with Crippen LogP contribution in [0.15, 0.2) is 0 Å². The van der Waals surface area contributed by atoms with E-state index in [1.54, 1.807) is 0 Å². The van der Waals surface area contributed by atoms with Gasteiger partial charge in [-0.3, -0.25) is 9.59 Å². The number of nitrogens with one attached hydrogen (secondary N) is 1. The van der Waals surface area contributed by atoms with Crippen LogP contribution in [0.4, 0.5) is 4.79 Å². The van der Waals surface area contributed by atoms with E-state index in [1.165, 1.54) is 0 Å². The first-order valence-electron chi connectivity index (χ1n) is 6.12. The molecule has 0 aliphatic carbocycles. The number of nitrogens with two attached hydrogens (primary N) is 2. The second-order valence-corrected chi connectivity index (χ2v) is 4.25. The Bertz CT molecular complexity index is 385. The van der Waals surface area contributed by atoms with Crippen molar-refractivity contribution in [2.24, 2.45) is 11.5 Å². The van der Waals surface area contributed by atoms with Crippen LogP contribution in [0, 0.1) is 0 Å². The zero-order valence-corrected chi connectivity index (χ0v) is 11.3. The number of primary amides is 2. The predicted octanol–water partition coefficient (Wildman–Crippen LogP) is -1.39. The van der Waals surface area contributed by atoms with Crippen molar-refractivity contribution in [1.29, 1.82) is 0 Å². The van der Waals surface area contributed by atoms with Gasteiger partial charge in [-0.1, -0.05) is 13.3 Å². The zero-order chi connectivity index (χ0) is 15.7. The van der Waals surface area contributed by atoms with Crippen LogP contribution < -0.4 is 16.8 Å². The van der Waals surface area contributed by atoms with Crippen molar-refractivity contribution in [2.45, 2.75) is 32.2 Å². The number of urea groups is 1. The number of carbonyl (C=O) groups excluding carboxylic acids is 3. The zero-order valence-electron chi connectivity index (χ0n) is 11.3. The van der Waals surface area contributed by atoms with E-state index < -0.39 is 36.3 Å². The predicted molar refractivity (Wildman–Crippen MR) is 69.4 cm³/mol. The summed E-state index contributed by atoms with van der Waals surface area (Å²) in [5.74, 6) is -2.95. The van der Waals surface area contributed by atoms with E-state index in [4.69, 9.17) is 16.6 Å². The summed E-state index contributed by atoms with van der Waals surface area (Å²) in [5.41, 5.74) is 9.93. The molecule has 0 heterocycles. The molecule has 0 aromatic heterocycles. The largest absolute Gasteiger partial charge is 0.480 e. The molecule has 9 nitrogen and oxygen atoms in total. The van der Waals surface area contributed by atoms with E-state index in [-0.39, 0.29) is 13.1 Å². The van der Waals surface area contributed by atoms with Crippen LogP contribution in [0.3, 0.4) is 0 Å². The van der Waals surface area contributed by atoms with Crippen LogP contribution >= 0.6 is 0 Å². The molecule has 0 fully saturated rings. The summed E-state index contributed by atoms with van der Waals surface area (Å²) >= 11 is 0. The molecule has 0 radical (unpaired) electrons. The molecule has 6 N–H and O–H groups in total. The first-order valence-corrected chi connectivity index (χ1v) is 6.12. The van der Waals surface area contributed by atoms with E-state index in [0.29, 0.717) is 6.42 Å². The summed E-state index contributed by atoms with van der Waals surface area (Å²) in [6, 6.07) is -2.21. The molecule has 0 aliphatic heterocycles. The number of nitrogens with zero attached hydrogens (tertiary/aromatic N) is 1. The summed E-state index contributed by atoms with van der Waals surface area (Å²) in [6.07, 6.45) is 0.889. The lowest BCUT2D eigenvalue weighted by Gasteiger charge is -2.23. The maximum absolute atomic E-state index is 11.9. The van der Waals surface area contributed by atoms with Gasteiger partial charge in [0.25, 0.3) is 0 Å². The molecule has 0 aromatic carbocycles. The second-order valence-electron chi connectivity index (χ2n) is 4.25. The number of hydrogen-bond acceptors (Lipinski definition) is 4. The number of carboxylic acids is 1. The number of carboxylic acid groups (broad SMARTS) is 1. The van der Waals surface area contributed by atoms with Gasteiger partial charge in [0.15, 0.2) is 0 Å². The van der Waals surface area contributed by atoms with E-state index in [2.05, 4.69) is 5.32 Å². The standard InChI is InChI=1S/C11H20N4O5/c1-2-3-4-15(6-9(13)17)11(20)14-7(10(18)19)5-8(12)16/h7H,2-6H2,1H3,(H2,12,16)(H2,13,17)(H,14,20)(H,18,19). The number of aliphatic carboxylic acids is 1. The number of rotatable bonds is 9. The Morgan fingerprint density at radius 3 is 2.20 bits per heavy atom. The van der Waals surface area contributed by atoms with Crippen LogP contribution in [-0.2, 0) is 14.4 Å². The molecular weight excluding hydrogens is 268 g/mol. The van der Waals surface area contributed by atoms with Gasteiger partial charge in [0.05, 0.1) is 6.42 Å². The van der Waals surface area contributed by atoms with Crippen LogP contribution in [0.1, 0.15) is 26.2 Å². The second kappa shape index (κ2) is 8.73. The molecule has 0 saturated carbocycles. The number of hydrogen-bond donors (Lipinski definition) is 4. The van der Waals surface area contributed by atoms with Crippen molar-refractivity contribution >= 4 is 23.8 Å². The number of amides is 4. The molecule has 0 bridgehead atoms. The lowest BCUT2D eigenvalue weighted by Crippen LogP contribution is -2.51. The van der Waals surface area contributed by atoms with E-state index >= 15 is 0 Å². The van der Waals surface area contributed by atoms with Gasteiger partial charge in [-0.25, -0.2) is 9.59 Å². The van der Waals surface area contributed by atoms with Gasteiger partial charge in [-0.05, 0) is 6.42 Å². The minimum atomic E-state index is -1.43. The summed E-state index contributed by atoms with van der Waals surface area (Å²) in [6.45, 7) is 1.83. The molecule has 1 unspecified atom stereocenters. The van der Waals surface area contributed by atoms with Crippen LogP contribution in [0.5, 0.6) is 0 Å². The first-order chi connectivity index (χ1) is 9.27. The van der Waals surface area contributed by atoms with Crippen molar-refractivity contribution in [1.82, 2.24) is 10.2 Å². The summed E-state index contributed by atoms with van der Waals surface area (Å²) < 4.78 is 0. The first kappa shape index (κ1) is 17.7. The van der Waals surface area contributed by atoms with Gasteiger partial charge in [-0.2, -0.15) is 0 Å². The number of unbranched alkanes of at least 4 members (excludes halogenated alkanes) is 1. The Morgan fingerprint density at radius 1 is 1.20 bits per heavy atom. The monoisotopic (exact) mass is 288 g/mol. The quantitative estimate of drug-likeness (QED) is 0.411. The summed E-state index contributed by atoms with van der Waals surface area (Å²) in [7, 11) is 0. The van der Waals surface area contributed by atoms with Gasteiger partial charge in [0.1, 0.15) is 12.6 Å². The van der Waals surface area contributed by atoms with Crippen molar-refractivity contribution in [2.75, 3.05) is 13.1 Å². The highest BCUT2D eigenvalue weighted by molar-refractivity contribution is 5.89. The SMILES string of the molecule is CCCCN(CC(N)=O)C(=O)NC(CC(N)=O)C(=O)O. The highest BCUT2D eigenvalue weighted by Gasteiger charge is 2.25. The molecule has 0 aromatic rings. The Morgan fingerprint density at radius 2 is 1.80 bits per heavy atom. The molecular formula is C11H20N4O5. The minimum absolute atomic E-state index is 0.258. The van der Waals surface area contributed by atoms with E-state index in [0.717, 1.165) is 11.3 Å². The highest BCUT2D eigenvalue weighted by atomic mass is 16.4. The van der Waals surface area contributed by atoms with Gasteiger partial charge < -0.3 is 26.8 Å². The minimum Gasteiger partial charge on any atom is -0.480 e. The Hall–Kier alpha value is -2.32. The van der Waals surface area contributed by atoms with E-state index in [1.807, 2.05) is 6.92 Å². The maximum atomic E-state index is 11.9. The average molecular weight is 288 g/mol. The number of carbonyl (C=O) groups is 4. The van der Waals surface area contributed by atoms with Crippen LogP contribution in [-0.4, -0.2) is 53.0 Å². The fraction of sp³-hybridized carbons (Fsp3) is 0.636. The van der Waals surface area contributed by atoms with Crippen molar-refractivity contribution in [3.05, 3.63) is 0 Å². The van der Waals surface area contributed by atoms with Crippen molar-refractivity contribution in [3.8, 4) is 0 Å². The summed E-state index contributed by atoms with van der Waals surface area (Å²) in [4.78, 5) is 45.5. The summed E-state index contributed by atoms with van der Waals surface area (Å²) in [5, 5.41) is 11.0. The van der Waals surface area contributed by atoms with Gasteiger partial charge >= 0.3 is 12.0 Å². The van der Waals surface area contributed by atoms with Crippen LogP contribution in [0.2, 0.25) is 0 Å². The molecule has 0 aliphatic rings. The molecule has 0 spiro atoms. The fourth-order valence-electron chi connectivity index (χ4n) is 1.43. The van der Waals surface area contributed by atoms with Gasteiger partial charge in [-0.15, -0.1) is 0 Å². The molecule has 9 heteroatoms. The molecule has 0 saturated heterocycles. The Kier molecular flexibility index (Phi) is 7.71. The van der Waals surface area contributed by atoms with Crippen LogP contribution in [0.25, 0.3) is 0 Å². The topological polar surface area (TPSA) is 156 Å². The van der Waals surface area contributed by atoms with Crippen molar-refractivity contribution < 1.29 is 24.3 Å². The Labute approximate surface area is 116 Å². The maximum Gasteiger partial charge on any atom is 0.326 e.